The fourth-order valence-corrected chi connectivity index (χ4v) is 3.28. The molecule has 0 spiro atoms. The highest BCUT2D eigenvalue weighted by molar-refractivity contribution is 7.88. The first-order chi connectivity index (χ1) is 14.0. The van der Waals surface area contributed by atoms with Crippen LogP contribution in [0.25, 0.3) is 10.8 Å². The molecule has 0 aromatic heterocycles. The smallest absolute Gasteiger partial charge is 0.479 e. The van der Waals surface area contributed by atoms with E-state index in [0.717, 1.165) is 6.07 Å². The minimum atomic E-state index is -6.25. The average Bonchev–Trinajstić information content (AvgIpc) is 2.58. The van der Waals surface area contributed by atoms with Crippen LogP contribution in [0.15, 0.2) is 18.2 Å². The minimum Gasteiger partial charge on any atom is -0.479 e. The van der Waals surface area contributed by atoms with Crippen molar-refractivity contribution in [2.45, 2.75) is 44.9 Å². The summed E-state index contributed by atoms with van der Waals surface area (Å²) in [6.45, 7) is 5.72. The number of hydrogen-bond acceptors (Lipinski definition) is 6. The Morgan fingerprint density at radius 1 is 1.19 bits per heavy atom. The van der Waals surface area contributed by atoms with Gasteiger partial charge in [-0.1, -0.05) is 6.07 Å². The highest BCUT2D eigenvalue weighted by Crippen LogP contribution is 2.42. The lowest BCUT2D eigenvalue weighted by Crippen LogP contribution is -2.31. The molecule has 2 aromatic rings. The third-order valence-corrected chi connectivity index (χ3v) is 4.93. The van der Waals surface area contributed by atoms with E-state index in [0.29, 0.717) is 6.07 Å². The molecule has 31 heavy (non-hydrogen) atoms. The van der Waals surface area contributed by atoms with Gasteiger partial charge in [0.05, 0.1) is 11.2 Å². The van der Waals surface area contributed by atoms with Crippen LogP contribution in [0.1, 0.15) is 43.6 Å². The summed E-state index contributed by atoms with van der Waals surface area (Å²) in [5, 5.41) is 18.1. The van der Waals surface area contributed by atoms with Crippen molar-refractivity contribution in [1.82, 2.24) is 0 Å². The molecule has 1 atom stereocenters. The number of carbonyl (C=O) groups is 1. The van der Waals surface area contributed by atoms with Crippen LogP contribution in [0.3, 0.4) is 0 Å². The monoisotopic (exact) mass is 463 g/mol. The fraction of sp³-hybridized carbons (Fsp3) is 0.368. The lowest BCUT2D eigenvalue weighted by molar-refractivity contribution is -0.160. The van der Waals surface area contributed by atoms with E-state index in [1.807, 2.05) is 0 Å². The molecule has 1 unspecified atom stereocenters. The van der Waals surface area contributed by atoms with Crippen LogP contribution < -0.4 is 4.18 Å². The van der Waals surface area contributed by atoms with Crippen molar-refractivity contribution in [3.63, 3.8) is 0 Å². The Hall–Kier alpha value is -2.91. The van der Waals surface area contributed by atoms with Gasteiger partial charge in [-0.2, -0.15) is 26.9 Å². The van der Waals surface area contributed by atoms with Crippen molar-refractivity contribution in [2.75, 3.05) is 0 Å². The lowest BCUT2D eigenvalue weighted by Gasteiger charge is -2.28. The fourth-order valence-electron chi connectivity index (χ4n) is 2.79. The van der Waals surface area contributed by atoms with Crippen LogP contribution in [-0.2, 0) is 19.6 Å². The molecule has 0 amide bonds. The van der Waals surface area contributed by atoms with Gasteiger partial charge in [0.2, 0.25) is 0 Å². The number of halogens is 4. The molecular formula is C19H17F4NO6S. The van der Waals surface area contributed by atoms with Gasteiger partial charge in [0.1, 0.15) is 11.9 Å². The quantitative estimate of drug-likeness (QED) is 0.399. The van der Waals surface area contributed by atoms with E-state index in [2.05, 4.69) is 4.18 Å². The van der Waals surface area contributed by atoms with Gasteiger partial charge in [-0.15, -0.1) is 0 Å². The van der Waals surface area contributed by atoms with Gasteiger partial charge in [-0.25, -0.2) is 9.18 Å². The number of aryl methyl sites for hydroxylation is 1. The molecule has 168 valence electrons. The van der Waals surface area contributed by atoms with E-state index in [1.54, 1.807) is 6.07 Å². The maximum atomic E-state index is 14.2. The van der Waals surface area contributed by atoms with Gasteiger partial charge in [-0.05, 0) is 50.8 Å². The molecule has 0 saturated carbocycles. The predicted molar refractivity (Wildman–Crippen MR) is 100 cm³/mol. The molecule has 0 heterocycles. The Morgan fingerprint density at radius 3 is 2.23 bits per heavy atom. The van der Waals surface area contributed by atoms with E-state index in [1.165, 1.54) is 33.8 Å². The number of hydrogen-bond donors (Lipinski definition) is 1. The second kappa shape index (κ2) is 7.97. The molecule has 0 aliphatic heterocycles. The Kier molecular flexibility index (Phi) is 6.27. The largest absolute Gasteiger partial charge is 0.534 e. The molecule has 2 rings (SSSR count). The zero-order valence-electron chi connectivity index (χ0n) is 16.7. The van der Waals surface area contributed by atoms with E-state index in [4.69, 9.17) is 10.00 Å². The number of nitriles is 1. The van der Waals surface area contributed by atoms with Crippen LogP contribution in [0, 0.1) is 24.1 Å². The van der Waals surface area contributed by atoms with Crippen LogP contribution in [0.2, 0.25) is 0 Å². The molecule has 0 radical (unpaired) electrons. The Balaban J connectivity index is 2.98. The Morgan fingerprint density at radius 2 is 1.77 bits per heavy atom. The zero-order chi connectivity index (χ0) is 23.9. The minimum absolute atomic E-state index is 0.00739. The number of ether oxygens (including phenoxy) is 1. The van der Waals surface area contributed by atoms with E-state index in [9.17, 15) is 35.9 Å². The van der Waals surface area contributed by atoms with Gasteiger partial charge in [0.25, 0.3) is 0 Å². The van der Waals surface area contributed by atoms with Crippen molar-refractivity contribution in [1.29, 1.82) is 5.26 Å². The topological polar surface area (TPSA) is 114 Å². The number of nitrogens with zero attached hydrogens (tertiary/aromatic N) is 1. The summed E-state index contributed by atoms with van der Waals surface area (Å²) in [6, 6.07) is 4.40. The second-order valence-electron chi connectivity index (χ2n) is 7.53. The van der Waals surface area contributed by atoms with E-state index in [-0.39, 0.29) is 10.9 Å². The van der Waals surface area contributed by atoms with Gasteiger partial charge in [0.15, 0.2) is 11.9 Å². The Labute approximate surface area is 174 Å². The number of fused-ring (bicyclic) bond motifs is 1. The van der Waals surface area contributed by atoms with Crippen molar-refractivity contribution in [3.8, 4) is 11.8 Å². The highest BCUT2D eigenvalue weighted by Gasteiger charge is 2.49. The van der Waals surface area contributed by atoms with Crippen LogP contribution in [-0.4, -0.2) is 30.6 Å². The van der Waals surface area contributed by atoms with Crippen molar-refractivity contribution < 1.29 is 44.8 Å². The molecule has 0 fully saturated rings. The number of aliphatic carboxylic acids is 1. The third-order valence-electron chi connectivity index (χ3n) is 3.98. The summed E-state index contributed by atoms with van der Waals surface area (Å²) in [6.07, 6.45) is -1.94. The summed E-state index contributed by atoms with van der Waals surface area (Å²) < 4.78 is 86.5. The molecule has 12 heteroatoms. The summed E-state index contributed by atoms with van der Waals surface area (Å²) in [7, 11) is -6.25. The highest BCUT2D eigenvalue weighted by atomic mass is 32.2. The average molecular weight is 463 g/mol. The SMILES string of the molecule is Cc1cc2cc(C#N)c(F)cc2c(OS(=O)(=O)C(F)(F)F)c1C(OC(C)(C)C)C(=O)O. The number of rotatable bonds is 5. The molecule has 7 nitrogen and oxygen atoms in total. The summed E-state index contributed by atoms with van der Waals surface area (Å²) in [4.78, 5) is 11.9. The molecule has 0 saturated heterocycles. The first kappa shape index (κ1) is 24.4. The number of carboxylic acid groups (broad SMARTS) is 1. The van der Waals surface area contributed by atoms with E-state index >= 15 is 0 Å². The van der Waals surface area contributed by atoms with Gasteiger partial charge in [-0.3, -0.25) is 0 Å². The number of alkyl halides is 3. The first-order valence-electron chi connectivity index (χ1n) is 8.56. The van der Waals surface area contributed by atoms with Gasteiger partial charge < -0.3 is 14.0 Å². The maximum Gasteiger partial charge on any atom is 0.534 e. The van der Waals surface area contributed by atoms with E-state index < -0.39 is 61.4 Å². The molecular weight excluding hydrogens is 446 g/mol. The molecule has 2 aromatic carbocycles. The number of carboxylic acids is 1. The normalized spacial score (nSPS) is 13.6. The summed E-state index contributed by atoms with van der Waals surface area (Å²) >= 11 is 0. The Bertz CT molecular complexity index is 1190. The van der Waals surface area contributed by atoms with Crippen molar-refractivity contribution >= 4 is 26.9 Å². The third kappa shape index (κ3) is 5.05. The van der Waals surface area contributed by atoms with Crippen LogP contribution in [0.4, 0.5) is 17.6 Å². The summed E-state index contributed by atoms with van der Waals surface area (Å²) in [5.74, 6) is -3.85. The first-order valence-corrected chi connectivity index (χ1v) is 9.97. The van der Waals surface area contributed by atoms with Gasteiger partial charge >= 0.3 is 21.6 Å². The standard InChI is InChI=1S/C19H17F4NO6S/c1-9-5-10-6-11(8-24)13(20)7-12(10)15(30-31(27,28)19(21,22)23)14(9)16(17(25)26)29-18(2,3)4/h5-7,16H,1-4H3,(H,25,26). The molecule has 0 aliphatic carbocycles. The molecule has 1 N–H and O–H groups in total. The zero-order valence-corrected chi connectivity index (χ0v) is 17.5. The predicted octanol–water partition coefficient (Wildman–Crippen LogP) is 4.33. The lowest BCUT2D eigenvalue weighted by atomic mass is 9.94. The van der Waals surface area contributed by atoms with Crippen molar-refractivity contribution in [2.24, 2.45) is 0 Å². The van der Waals surface area contributed by atoms with Crippen LogP contribution in [0.5, 0.6) is 5.75 Å². The van der Waals surface area contributed by atoms with Gasteiger partial charge in [0, 0.05) is 10.9 Å². The van der Waals surface area contributed by atoms with Crippen LogP contribution >= 0.6 is 0 Å². The summed E-state index contributed by atoms with van der Waals surface area (Å²) in [5.41, 5.74) is -7.95. The van der Waals surface area contributed by atoms with Crippen molar-refractivity contribution in [3.05, 3.63) is 40.7 Å². The maximum absolute atomic E-state index is 14.2. The number of benzene rings is 2. The second-order valence-corrected chi connectivity index (χ2v) is 9.07. The molecule has 0 aliphatic rings. The molecule has 0 bridgehead atoms.